The van der Waals surface area contributed by atoms with Crippen molar-refractivity contribution in [2.45, 2.75) is 13.5 Å². The summed E-state index contributed by atoms with van der Waals surface area (Å²) in [6.07, 6.45) is 0. The molecule has 3 aromatic rings. The number of rotatable bonds is 4. The maximum absolute atomic E-state index is 12.6. The van der Waals surface area contributed by atoms with Crippen LogP contribution in [0, 0.1) is 0 Å². The Bertz CT molecular complexity index is 946. The van der Waals surface area contributed by atoms with E-state index in [0.29, 0.717) is 17.8 Å². The van der Waals surface area contributed by atoms with Gasteiger partial charge in [-0.3, -0.25) is 4.79 Å². The van der Waals surface area contributed by atoms with Crippen LogP contribution in [0.15, 0.2) is 53.3 Å². The number of ether oxygens (including phenoxy) is 1. The fraction of sp³-hybridized carbons (Fsp3) is 0.167. The minimum Gasteiger partial charge on any atom is -0.465 e. The molecule has 24 heavy (non-hydrogen) atoms. The topological polar surface area (TPSA) is 73.2 Å². The van der Waals surface area contributed by atoms with Crippen LogP contribution in [0.2, 0.25) is 0 Å². The van der Waals surface area contributed by atoms with Gasteiger partial charge in [-0.2, -0.15) is 0 Å². The van der Waals surface area contributed by atoms with E-state index >= 15 is 0 Å². The molecule has 0 amide bonds. The largest absolute Gasteiger partial charge is 0.465 e. The molecule has 0 saturated heterocycles. The van der Waals surface area contributed by atoms with Gasteiger partial charge in [-0.25, -0.2) is 9.78 Å². The minimum absolute atomic E-state index is 0.187. The van der Waals surface area contributed by atoms with Crippen molar-refractivity contribution in [2.75, 3.05) is 12.4 Å². The van der Waals surface area contributed by atoms with E-state index < -0.39 is 5.97 Å². The first kappa shape index (κ1) is 15.7. The van der Waals surface area contributed by atoms with Crippen LogP contribution in [-0.2, 0) is 11.3 Å². The van der Waals surface area contributed by atoms with Crippen LogP contribution in [0.1, 0.15) is 17.3 Å². The molecule has 0 fully saturated rings. The number of aromatic nitrogens is 2. The third-order valence-corrected chi connectivity index (χ3v) is 3.74. The van der Waals surface area contributed by atoms with Crippen molar-refractivity contribution >= 4 is 28.5 Å². The molecule has 6 nitrogen and oxygen atoms in total. The predicted octanol–water partition coefficient (Wildman–Crippen LogP) is 2.95. The van der Waals surface area contributed by atoms with Crippen molar-refractivity contribution in [1.82, 2.24) is 9.55 Å². The smallest absolute Gasteiger partial charge is 0.337 e. The van der Waals surface area contributed by atoms with Gasteiger partial charge < -0.3 is 14.6 Å². The second-order valence-corrected chi connectivity index (χ2v) is 5.19. The van der Waals surface area contributed by atoms with E-state index in [4.69, 9.17) is 0 Å². The van der Waals surface area contributed by atoms with Gasteiger partial charge in [-0.1, -0.05) is 12.1 Å². The Morgan fingerprint density at radius 1 is 1.17 bits per heavy atom. The molecule has 0 aliphatic heterocycles. The van der Waals surface area contributed by atoms with Gasteiger partial charge in [0.15, 0.2) is 5.82 Å². The molecule has 0 aliphatic rings. The monoisotopic (exact) mass is 323 g/mol. The van der Waals surface area contributed by atoms with Crippen LogP contribution < -0.4 is 10.9 Å². The van der Waals surface area contributed by atoms with Crippen molar-refractivity contribution in [2.24, 2.45) is 0 Å². The van der Waals surface area contributed by atoms with E-state index in [-0.39, 0.29) is 11.4 Å². The SMILES string of the molecule is CCn1c(=O)c(Nc2ccc(C(=O)OC)cc2)nc2ccccc21. The third kappa shape index (κ3) is 2.86. The highest BCUT2D eigenvalue weighted by Crippen LogP contribution is 2.17. The molecule has 0 spiro atoms. The number of aryl methyl sites for hydroxylation is 1. The van der Waals surface area contributed by atoms with E-state index in [1.807, 2.05) is 31.2 Å². The summed E-state index contributed by atoms with van der Waals surface area (Å²) < 4.78 is 6.34. The zero-order valence-electron chi connectivity index (χ0n) is 13.4. The van der Waals surface area contributed by atoms with Gasteiger partial charge in [0.05, 0.1) is 23.7 Å². The molecule has 0 saturated carbocycles. The lowest BCUT2D eigenvalue weighted by atomic mass is 10.2. The zero-order valence-corrected chi connectivity index (χ0v) is 13.4. The number of fused-ring (bicyclic) bond motifs is 1. The average Bonchev–Trinajstić information content (AvgIpc) is 2.62. The first-order valence-electron chi connectivity index (χ1n) is 7.59. The van der Waals surface area contributed by atoms with Gasteiger partial charge >= 0.3 is 5.97 Å². The third-order valence-electron chi connectivity index (χ3n) is 3.74. The van der Waals surface area contributed by atoms with Crippen molar-refractivity contribution < 1.29 is 9.53 Å². The number of carbonyl (C=O) groups is 1. The molecule has 1 N–H and O–H groups in total. The molecule has 1 aromatic heterocycles. The number of esters is 1. The minimum atomic E-state index is -0.404. The Morgan fingerprint density at radius 3 is 2.54 bits per heavy atom. The summed E-state index contributed by atoms with van der Waals surface area (Å²) in [5, 5.41) is 3.03. The normalized spacial score (nSPS) is 10.6. The van der Waals surface area contributed by atoms with Crippen LogP contribution in [0.25, 0.3) is 11.0 Å². The van der Waals surface area contributed by atoms with Crippen molar-refractivity contribution in [3.8, 4) is 0 Å². The van der Waals surface area contributed by atoms with E-state index in [1.165, 1.54) is 7.11 Å². The number of hydrogen-bond acceptors (Lipinski definition) is 5. The Labute approximate surface area is 138 Å². The molecular weight excluding hydrogens is 306 g/mol. The number of anilines is 2. The molecule has 0 unspecified atom stereocenters. The van der Waals surface area contributed by atoms with Gasteiger partial charge in [0.1, 0.15) is 0 Å². The van der Waals surface area contributed by atoms with Crippen molar-refractivity contribution in [3.63, 3.8) is 0 Å². The molecule has 1 heterocycles. The fourth-order valence-corrected chi connectivity index (χ4v) is 2.53. The second kappa shape index (κ2) is 6.54. The summed E-state index contributed by atoms with van der Waals surface area (Å²) in [5.41, 5.74) is 2.48. The zero-order chi connectivity index (χ0) is 17.1. The quantitative estimate of drug-likeness (QED) is 0.747. The summed E-state index contributed by atoms with van der Waals surface area (Å²) in [7, 11) is 1.33. The molecule has 2 aromatic carbocycles. The summed E-state index contributed by atoms with van der Waals surface area (Å²) in [4.78, 5) is 28.5. The lowest BCUT2D eigenvalue weighted by molar-refractivity contribution is 0.0601. The van der Waals surface area contributed by atoms with Gasteiger partial charge in [-0.15, -0.1) is 0 Å². The van der Waals surface area contributed by atoms with E-state index in [1.54, 1.807) is 28.8 Å². The number of carbonyl (C=O) groups excluding carboxylic acids is 1. The number of methoxy groups -OCH3 is 1. The van der Waals surface area contributed by atoms with Crippen molar-refractivity contribution in [1.29, 1.82) is 0 Å². The first-order valence-corrected chi connectivity index (χ1v) is 7.59. The molecule has 0 bridgehead atoms. The summed E-state index contributed by atoms with van der Waals surface area (Å²) >= 11 is 0. The van der Waals surface area contributed by atoms with Crippen LogP contribution in [0.4, 0.5) is 11.5 Å². The molecule has 0 radical (unpaired) electrons. The molecular formula is C18H17N3O3. The Kier molecular flexibility index (Phi) is 4.29. The van der Waals surface area contributed by atoms with Gasteiger partial charge in [0.25, 0.3) is 5.56 Å². The van der Waals surface area contributed by atoms with Crippen LogP contribution in [-0.4, -0.2) is 22.6 Å². The summed E-state index contributed by atoms with van der Waals surface area (Å²) in [6.45, 7) is 2.47. The highest BCUT2D eigenvalue weighted by Gasteiger charge is 2.10. The van der Waals surface area contributed by atoms with Gasteiger partial charge in [0.2, 0.25) is 0 Å². The molecule has 0 aliphatic carbocycles. The van der Waals surface area contributed by atoms with E-state index in [2.05, 4.69) is 15.0 Å². The predicted molar refractivity (Wildman–Crippen MR) is 92.7 cm³/mol. The van der Waals surface area contributed by atoms with E-state index in [0.717, 1.165) is 11.0 Å². The molecule has 122 valence electrons. The molecule has 0 atom stereocenters. The van der Waals surface area contributed by atoms with Crippen molar-refractivity contribution in [3.05, 3.63) is 64.4 Å². The number of nitrogens with zero attached hydrogens (tertiary/aromatic N) is 2. The maximum Gasteiger partial charge on any atom is 0.337 e. The Balaban J connectivity index is 1.99. The summed E-state index contributed by atoms with van der Waals surface area (Å²) in [6, 6.07) is 14.2. The number of para-hydroxylation sites is 2. The average molecular weight is 323 g/mol. The number of nitrogens with one attached hydrogen (secondary N) is 1. The van der Waals surface area contributed by atoms with Crippen LogP contribution in [0.5, 0.6) is 0 Å². The van der Waals surface area contributed by atoms with Crippen LogP contribution in [0.3, 0.4) is 0 Å². The standard InChI is InChI=1S/C18H17N3O3/c1-3-21-15-7-5-4-6-14(15)20-16(17(21)22)19-13-10-8-12(9-11-13)18(23)24-2/h4-11H,3H2,1-2H3,(H,19,20). The lowest BCUT2D eigenvalue weighted by Crippen LogP contribution is -2.23. The Hall–Kier alpha value is -3.15. The van der Waals surface area contributed by atoms with Crippen LogP contribution >= 0.6 is 0 Å². The van der Waals surface area contributed by atoms with Gasteiger partial charge in [0, 0.05) is 12.2 Å². The summed E-state index contributed by atoms with van der Waals surface area (Å²) in [5.74, 6) is -0.153. The van der Waals surface area contributed by atoms with Gasteiger partial charge in [-0.05, 0) is 43.3 Å². The fourth-order valence-electron chi connectivity index (χ4n) is 2.53. The lowest BCUT2D eigenvalue weighted by Gasteiger charge is -2.11. The molecule has 6 heteroatoms. The molecule has 3 rings (SSSR count). The maximum atomic E-state index is 12.6. The number of hydrogen-bond donors (Lipinski definition) is 1. The van der Waals surface area contributed by atoms with E-state index in [9.17, 15) is 9.59 Å². The first-order chi connectivity index (χ1) is 11.6. The highest BCUT2D eigenvalue weighted by atomic mass is 16.5. The second-order valence-electron chi connectivity index (χ2n) is 5.19. The Morgan fingerprint density at radius 2 is 1.88 bits per heavy atom. The number of benzene rings is 2. The highest BCUT2D eigenvalue weighted by molar-refractivity contribution is 5.89.